The van der Waals surface area contributed by atoms with Crippen molar-refractivity contribution in [2.45, 2.75) is 70.8 Å². The van der Waals surface area contributed by atoms with Crippen molar-refractivity contribution in [1.29, 1.82) is 0 Å². The fourth-order valence-electron chi connectivity index (χ4n) is 7.89. The molecule has 3 aliphatic rings. The lowest BCUT2D eigenvalue weighted by atomic mass is 10.0. The Morgan fingerprint density at radius 1 is 0.924 bits per heavy atom. The number of amides is 6. The summed E-state index contributed by atoms with van der Waals surface area (Å²) in [5, 5.41) is 16.0. The van der Waals surface area contributed by atoms with Crippen LogP contribution in [-0.4, -0.2) is 97.6 Å². The summed E-state index contributed by atoms with van der Waals surface area (Å²) in [6.45, 7) is 4.50. The number of hydrogen-bond acceptors (Lipinski definition) is 13. The van der Waals surface area contributed by atoms with Gasteiger partial charge in [0.15, 0.2) is 0 Å². The van der Waals surface area contributed by atoms with Crippen LogP contribution >= 0.6 is 0 Å². The molecule has 5 aromatic rings. The summed E-state index contributed by atoms with van der Waals surface area (Å²) in [4.78, 5) is 88.5. The third-order valence-electron chi connectivity index (χ3n) is 11.3. The molecule has 2 saturated heterocycles. The summed E-state index contributed by atoms with van der Waals surface area (Å²) >= 11 is 0. The number of morpholine rings is 1. The van der Waals surface area contributed by atoms with E-state index in [4.69, 9.17) is 9.47 Å². The zero-order valence-electron chi connectivity index (χ0n) is 35.5. The van der Waals surface area contributed by atoms with Crippen LogP contribution in [-0.2, 0) is 38.4 Å². The van der Waals surface area contributed by atoms with Gasteiger partial charge in [-0.1, -0.05) is 23.8 Å². The second-order valence-corrected chi connectivity index (χ2v) is 15.8. The van der Waals surface area contributed by atoms with Gasteiger partial charge in [0, 0.05) is 61.1 Å². The average molecular weight is 909 g/mol. The summed E-state index contributed by atoms with van der Waals surface area (Å²) in [5.74, 6) is -3.27. The van der Waals surface area contributed by atoms with Gasteiger partial charge in [-0.25, -0.2) is 4.98 Å². The molecule has 1 atom stereocenters. The molecule has 18 nitrogen and oxygen atoms in total. The summed E-state index contributed by atoms with van der Waals surface area (Å²) < 4.78 is 53.3. The number of halogens is 3. The number of piperidine rings is 1. The van der Waals surface area contributed by atoms with E-state index in [2.05, 4.69) is 41.1 Å². The Morgan fingerprint density at radius 2 is 1.73 bits per heavy atom. The predicted octanol–water partition coefficient (Wildman–Crippen LogP) is 5.33. The Morgan fingerprint density at radius 3 is 2.52 bits per heavy atom. The van der Waals surface area contributed by atoms with Crippen LogP contribution in [0.5, 0.6) is 5.88 Å². The standard InChI is InChI=1S/C45H43F3N10O8/c1-26-33(21-30(23-49-26)51-40(61)27-7-5-8-29(19-27)45(46,47)48)28-20-36(56-15-17-65-18-16-56)42(50-22-28)66-25-31-24-57(55-54-31)14-4-2-3-11-37(59)52-34-10-6-9-32-39(34)44(64)58(43(32)63)35-12-13-38(60)53-41(35)62/h5-10,19-24,35H,2-4,11-18,25H2,1H3,(H,51,61)(H,52,59)(H,53,60,62). The quantitative estimate of drug-likeness (QED) is 0.0895. The molecule has 1 unspecified atom stereocenters. The first-order valence-corrected chi connectivity index (χ1v) is 21.2. The van der Waals surface area contributed by atoms with Gasteiger partial charge in [-0.15, -0.1) is 5.10 Å². The first kappa shape index (κ1) is 45.0. The molecule has 0 radical (unpaired) electrons. The molecule has 0 spiro atoms. The molecule has 3 aliphatic heterocycles. The molecule has 2 aromatic carbocycles. The highest BCUT2D eigenvalue weighted by molar-refractivity contribution is 6.26. The van der Waals surface area contributed by atoms with Gasteiger partial charge in [0.1, 0.15) is 24.0 Å². The number of nitrogens with one attached hydrogen (secondary N) is 3. The van der Waals surface area contributed by atoms with E-state index < -0.39 is 47.3 Å². The number of benzene rings is 2. The maximum absolute atomic E-state index is 13.4. The minimum absolute atomic E-state index is 0.00277. The molecule has 8 rings (SSSR count). The summed E-state index contributed by atoms with van der Waals surface area (Å²) in [6.07, 6.45) is 2.26. The number of ether oxygens (including phenoxy) is 2. The molecule has 0 bridgehead atoms. The van der Waals surface area contributed by atoms with Crippen molar-refractivity contribution in [2.24, 2.45) is 0 Å². The molecule has 66 heavy (non-hydrogen) atoms. The molecule has 3 aromatic heterocycles. The van der Waals surface area contributed by atoms with Crippen LogP contribution in [0.15, 0.2) is 73.2 Å². The monoisotopic (exact) mass is 908 g/mol. The lowest BCUT2D eigenvalue weighted by molar-refractivity contribution is -0.138. The van der Waals surface area contributed by atoms with Crippen molar-refractivity contribution in [2.75, 3.05) is 41.8 Å². The number of nitrogens with zero attached hydrogens (tertiary/aromatic N) is 7. The molecular formula is C45H43F3N10O8. The van der Waals surface area contributed by atoms with Crippen LogP contribution in [0.25, 0.3) is 11.1 Å². The summed E-state index contributed by atoms with van der Waals surface area (Å²) in [6, 6.07) is 11.2. The Bertz CT molecular complexity index is 2720. The molecular weight excluding hydrogens is 866 g/mol. The zero-order chi connectivity index (χ0) is 46.5. The number of aryl methyl sites for hydroxylation is 2. The van der Waals surface area contributed by atoms with E-state index >= 15 is 0 Å². The minimum atomic E-state index is -4.60. The third kappa shape index (κ3) is 10.0. The van der Waals surface area contributed by atoms with Crippen LogP contribution in [0.3, 0.4) is 0 Å². The SMILES string of the molecule is Cc1ncc(NC(=O)c2cccc(C(F)(F)F)c2)cc1-c1cnc(OCc2cn(CCCCCC(=O)Nc3cccc4c3C(=O)N(C3CCC(=O)NC3=O)C4=O)nn2)c(N2CCOCC2)c1. The Labute approximate surface area is 374 Å². The number of rotatable bonds is 15. The van der Waals surface area contributed by atoms with Crippen LogP contribution in [0.1, 0.15) is 86.6 Å². The topological polar surface area (TPSA) is 220 Å². The molecule has 6 heterocycles. The van der Waals surface area contributed by atoms with Crippen molar-refractivity contribution < 1.29 is 51.4 Å². The summed E-state index contributed by atoms with van der Waals surface area (Å²) in [5.41, 5.74) is 2.64. The first-order valence-electron chi connectivity index (χ1n) is 21.2. The minimum Gasteiger partial charge on any atom is -0.470 e. The maximum Gasteiger partial charge on any atom is 0.416 e. The fraction of sp³-hybridized carbons (Fsp3) is 0.333. The lowest BCUT2D eigenvalue weighted by Gasteiger charge is -2.30. The van der Waals surface area contributed by atoms with Crippen LogP contribution < -0.4 is 25.6 Å². The molecule has 0 aliphatic carbocycles. The zero-order valence-corrected chi connectivity index (χ0v) is 35.5. The van der Waals surface area contributed by atoms with Crippen molar-refractivity contribution in [3.05, 3.63) is 107 Å². The number of hydrogen-bond donors (Lipinski definition) is 3. The third-order valence-corrected chi connectivity index (χ3v) is 11.3. The number of anilines is 3. The number of aromatic nitrogens is 5. The van der Waals surface area contributed by atoms with Crippen molar-refractivity contribution >= 4 is 52.5 Å². The number of carbonyl (C=O) groups excluding carboxylic acids is 6. The molecule has 2 fully saturated rings. The Kier molecular flexibility index (Phi) is 13.2. The van der Waals surface area contributed by atoms with Crippen molar-refractivity contribution in [1.82, 2.24) is 35.2 Å². The second-order valence-electron chi connectivity index (χ2n) is 15.8. The van der Waals surface area contributed by atoms with E-state index in [1.54, 1.807) is 36.1 Å². The van der Waals surface area contributed by atoms with Gasteiger partial charge in [0.05, 0.1) is 53.7 Å². The predicted molar refractivity (Wildman–Crippen MR) is 229 cm³/mol. The lowest BCUT2D eigenvalue weighted by Crippen LogP contribution is -2.54. The number of imide groups is 2. The highest BCUT2D eigenvalue weighted by Gasteiger charge is 2.45. The van der Waals surface area contributed by atoms with Crippen molar-refractivity contribution in [3.63, 3.8) is 0 Å². The Hall–Kier alpha value is -7.55. The first-order chi connectivity index (χ1) is 31.7. The van der Waals surface area contributed by atoms with Crippen LogP contribution in [0.4, 0.5) is 30.2 Å². The van der Waals surface area contributed by atoms with Crippen molar-refractivity contribution in [3.8, 4) is 17.0 Å². The number of alkyl halides is 3. The number of unbranched alkanes of at least 4 members (excludes halogenated alkanes) is 2. The normalized spacial score (nSPS) is 16.3. The van der Waals surface area contributed by atoms with E-state index in [0.717, 1.165) is 17.0 Å². The smallest absolute Gasteiger partial charge is 0.416 e. The van der Waals surface area contributed by atoms with Gasteiger partial charge >= 0.3 is 6.18 Å². The molecule has 342 valence electrons. The maximum atomic E-state index is 13.4. The van der Waals surface area contributed by atoms with Crippen LogP contribution in [0, 0.1) is 6.92 Å². The fourth-order valence-corrected chi connectivity index (χ4v) is 7.89. The van der Waals surface area contributed by atoms with E-state index in [0.29, 0.717) is 86.2 Å². The number of pyridine rings is 2. The van der Waals surface area contributed by atoms with Gasteiger partial charge in [-0.2, -0.15) is 13.2 Å². The second kappa shape index (κ2) is 19.3. The highest BCUT2D eigenvalue weighted by atomic mass is 19.4. The number of carbonyl (C=O) groups is 6. The van der Waals surface area contributed by atoms with E-state index in [1.165, 1.54) is 30.5 Å². The van der Waals surface area contributed by atoms with Gasteiger partial charge in [-0.05, 0) is 68.7 Å². The molecule has 21 heteroatoms. The van der Waals surface area contributed by atoms with Gasteiger partial charge in [-0.3, -0.25) is 48.6 Å². The van der Waals surface area contributed by atoms with Gasteiger partial charge < -0.3 is 25.0 Å². The molecule has 6 amide bonds. The molecule has 0 saturated carbocycles. The van der Waals surface area contributed by atoms with E-state index in [1.807, 2.05) is 6.07 Å². The largest absolute Gasteiger partial charge is 0.470 e. The number of fused-ring (bicyclic) bond motifs is 1. The summed E-state index contributed by atoms with van der Waals surface area (Å²) in [7, 11) is 0. The average Bonchev–Trinajstić information content (AvgIpc) is 3.87. The van der Waals surface area contributed by atoms with E-state index in [9.17, 15) is 41.9 Å². The van der Waals surface area contributed by atoms with Gasteiger partial charge in [0.2, 0.25) is 23.6 Å². The van der Waals surface area contributed by atoms with Crippen LogP contribution in [0.2, 0.25) is 0 Å². The molecule has 3 N–H and O–H groups in total. The van der Waals surface area contributed by atoms with Gasteiger partial charge in [0.25, 0.3) is 17.7 Å². The Balaban J connectivity index is 0.843. The highest BCUT2D eigenvalue weighted by Crippen LogP contribution is 2.36. The van der Waals surface area contributed by atoms with E-state index in [-0.39, 0.29) is 59.8 Å².